The number of nitrogens with zero attached hydrogens (tertiary/aromatic N) is 3. The zero-order valence-electron chi connectivity index (χ0n) is 14.0. The number of rotatable bonds is 6. The van der Waals surface area contributed by atoms with Gasteiger partial charge in [0.1, 0.15) is 0 Å². The van der Waals surface area contributed by atoms with Crippen molar-refractivity contribution in [3.05, 3.63) is 58.9 Å². The molecule has 0 saturated carbocycles. The smallest absolute Gasteiger partial charge is 0.250 e. The Labute approximate surface area is 146 Å². The van der Waals surface area contributed by atoms with E-state index in [1.54, 1.807) is 6.21 Å². The summed E-state index contributed by atoms with van der Waals surface area (Å²) in [6, 6.07) is 11.8. The van der Waals surface area contributed by atoms with E-state index < -0.39 is 0 Å². The molecule has 6 heteroatoms. The summed E-state index contributed by atoms with van der Waals surface area (Å²) >= 11 is 1.30. The summed E-state index contributed by atoms with van der Waals surface area (Å²) in [7, 11) is 0. The molecule has 124 valence electrons. The molecule has 0 fully saturated rings. The quantitative estimate of drug-likeness (QED) is 0.379. The van der Waals surface area contributed by atoms with E-state index >= 15 is 0 Å². The van der Waals surface area contributed by atoms with E-state index in [0.29, 0.717) is 5.16 Å². The van der Waals surface area contributed by atoms with Crippen LogP contribution in [-0.4, -0.2) is 27.8 Å². The van der Waals surface area contributed by atoms with Crippen molar-refractivity contribution in [3.63, 3.8) is 0 Å². The van der Waals surface area contributed by atoms with Gasteiger partial charge in [-0.25, -0.2) is 15.4 Å². The number of aromatic nitrogens is 2. The maximum atomic E-state index is 11.8. The number of aryl methyl sites for hydroxylation is 2. The number of nitrogens with one attached hydrogen (secondary N) is 1. The Bertz CT molecular complexity index is 737. The monoisotopic (exact) mass is 340 g/mol. The van der Waals surface area contributed by atoms with Gasteiger partial charge in [0.05, 0.1) is 12.0 Å². The summed E-state index contributed by atoms with van der Waals surface area (Å²) in [5.41, 5.74) is 6.34. The number of carbonyl (C=O) groups is 1. The van der Waals surface area contributed by atoms with Gasteiger partial charge in [-0.2, -0.15) is 5.10 Å². The molecule has 0 aliphatic heterocycles. The van der Waals surface area contributed by atoms with Gasteiger partial charge >= 0.3 is 0 Å². The first-order valence-electron chi connectivity index (χ1n) is 7.53. The second-order valence-corrected chi connectivity index (χ2v) is 6.26. The molecule has 0 bridgehead atoms. The number of hydrogen-bond acceptors (Lipinski definition) is 5. The van der Waals surface area contributed by atoms with E-state index in [1.165, 1.54) is 11.8 Å². The summed E-state index contributed by atoms with van der Waals surface area (Å²) in [5.74, 6) is 0.0355. The number of hydrogen-bond donors (Lipinski definition) is 1. The molecule has 5 nitrogen and oxygen atoms in total. The lowest BCUT2D eigenvalue weighted by Crippen LogP contribution is -2.19. The molecule has 1 N–H and O–H groups in total. The number of benzene rings is 1. The minimum atomic E-state index is -0.188. The molecular weight excluding hydrogens is 320 g/mol. The van der Waals surface area contributed by atoms with E-state index in [-0.39, 0.29) is 11.7 Å². The highest BCUT2D eigenvalue weighted by atomic mass is 32.2. The molecule has 0 aliphatic carbocycles. The molecule has 0 saturated heterocycles. The molecule has 0 aliphatic rings. The van der Waals surface area contributed by atoms with Crippen LogP contribution in [0.25, 0.3) is 6.08 Å². The van der Waals surface area contributed by atoms with E-state index in [0.717, 1.165) is 22.5 Å². The van der Waals surface area contributed by atoms with Crippen molar-refractivity contribution in [2.75, 3.05) is 5.75 Å². The van der Waals surface area contributed by atoms with Gasteiger partial charge in [0.2, 0.25) is 0 Å². The Balaban J connectivity index is 1.81. The Morgan fingerprint density at radius 3 is 2.54 bits per heavy atom. The molecule has 2 rings (SSSR count). The van der Waals surface area contributed by atoms with E-state index in [4.69, 9.17) is 0 Å². The van der Waals surface area contributed by atoms with Crippen molar-refractivity contribution in [2.45, 2.75) is 25.9 Å². The van der Waals surface area contributed by atoms with Crippen LogP contribution >= 0.6 is 11.8 Å². The summed E-state index contributed by atoms with van der Waals surface area (Å²) < 4.78 is 0. The largest absolute Gasteiger partial charge is 0.272 e. The van der Waals surface area contributed by atoms with Gasteiger partial charge in [-0.15, -0.1) is 0 Å². The Hall–Kier alpha value is -2.47. The summed E-state index contributed by atoms with van der Waals surface area (Å²) in [4.78, 5) is 20.4. The average Bonchev–Trinajstić information content (AvgIpc) is 2.53. The van der Waals surface area contributed by atoms with Crippen LogP contribution in [-0.2, 0) is 4.79 Å². The number of hydrazone groups is 1. The molecule has 0 atom stereocenters. The van der Waals surface area contributed by atoms with Crippen LogP contribution in [0, 0.1) is 13.8 Å². The van der Waals surface area contributed by atoms with Crippen molar-refractivity contribution >= 4 is 30.0 Å². The zero-order chi connectivity index (χ0) is 17.4. The molecule has 24 heavy (non-hydrogen) atoms. The lowest BCUT2D eigenvalue weighted by Gasteiger charge is -2.02. The first-order chi connectivity index (χ1) is 11.5. The predicted octanol–water partition coefficient (Wildman–Crippen LogP) is 3.39. The minimum absolute atomic E-state index is 0.188. The van der Waals surface area contributed by atoms with Crippen molar-refractivity contribution in [1.29, 1.82) is 0 Å². The van der Waals surface area contributed by atoms with Crippen LogP contribution in [0.3, 0.4) is 0 Å². The molecule has 1 heterocycles. The fraction of sp³-hybridized carbons (Fsp3) is 0.222. The van der Waals surface area contributed by atoms with Crippen LogP contribution in [0.2, 0.25) is 0 Å². The number of allylic oxidation sites excluding steroid dienone is 1. The van der Waals surface area contributed by atoms with E-state index in [9.17, 15) is 4.79 Å². The maximum Gasteiger partial charge on any atom is 0.250 e. The van der Waals surface area contributed by atoms with Crippen LogP contribution in [0.5, 0.6) is 0 Å². The molecule has 0 radical (unpaired) electrons. The molecule has 1 aromatic carbocycles. The van der Waals surface area contributed by atoms with Gasteiger partial charge in [0, 0.05) is 11.4 Å². The first-order valence-corrected chi connectivity index (χ1v) is 8.52. The van der Waals surface area contributed by atoms with Crippen LogP contribution in [0.15, 0.2) is 52.2 Å². The third kappa shape index (κ3) is 6.34. The molecule has 1 amide bonds. The van der Waals surface area contributed by atoms with Crippen LogP contribution in [0.4, 0.5) is 0 Å². The first kappa shape index (κ1) is 17.9. The Kier molecular flexibility index (Phi) is 6.69. The summed E-state index contributed by atoms with van der Waals surface area (Å²) in [6.07, 6.45) is 3.62. The standard InChI is InChI=1S/C18H20N4OS/c1-13(9-16-7-5-4-6-8-16)11-19-22-17(23)12-24-18-20-14(2)10-15(3)21-18/h4-11H,12H2,1-3H3,(H,22,23)/b13-9+,19-11?. The van der Waals surface area contributed by atoms with Crippen LogP contribution in [0.1, 0.15) is 23.9 Å². The highest BCUT2D eigenvalue weighted by Gasteiger charge is 2.05. The normalized spacial score (nSPS) is 11.7. The van der Waals surface area contributed by atoms with Gasteiger partial charge in [-0.3, -0.25) is 4.79 Å². The van der Waals surface area contributed by atoms with Crippen molar-refractivity contribution in [3.8, 4) is 0 Å². The highest BCUT2D eigenvalue weighted by molar-refractivity contribution is 7.99. The highest BCUT2D eigenvalue weighted by Crippen LogP contribution is 2.13. The second kappa shape index (κ2) is 8.98. The van der Waals surface area contributed by atoms with Crippen molar-refractivity contribution in [1.82, 2.24) is 15.4 Å². The maximum absolute atomic E-state index is 11.8. The molecule has 2 aromatic rings. The van der Waals surface area contributed by atoms with Gasteiger partial charge < -0.3 is 0 Å². The molecule has 0 spiro atoms. The molecule has 1 aromatic heterocycles. The predicted molar refractivity (Wildman–Crippen MR) is 99.0 cm³/mol. The van der Waals surface area contributed by atoms with Crippen molar-refractivity contribution < 1.29 is 4.79 Å². The lowest BCUT2D eigenvalue weighted by molar-refractivity contribution is -0.118. The SMILES string of the molecule is C/C(C=NNC(=O)CSc1nc(C)cc(C)n1)=C\c1ccccc1. The Morgan fingerprint density at radius 2 is 1.88 bits per heavy atom. The number of amides is 1. The number of carbonyl (C=O) groups excluding carboxylic acids is 1. The summed E-state index contributed by atoms with van der Waals surface area (Å²) in [5, 5.41) is 4.57. The van der Waals surface area contributed by atoms with Crippen molar-refractivity contribution in [2.24, 2.45) is 5.10 Å². The van der Waals surface area contributed by atoms with Gasteiger partial charge in [0.25, 0.3) is 5.91 Å². The molecular formula is C18H20N4OS. The zero-order valence-corrected chi connectivity index (χ0v) is 14.8. The van der Waals surface area contributed by atoms with Gasteiger partial charge in [-0.1, -0.05) is 48.2 Å². The Morgan fingerprint density at radius 1 is 1.21 bits per heavy atom. The second-order valence-electron chi connectivity index (χ2n) is 5.31. The average molecular weight is 340 g/mol. The molecule has 0 unspecified atom stereocenters. The van der Waals surface area contributed by atoms with Crippen LogP contribution < -0.4 is 5.43 Å². The van der Waals surface area contributed by atoms with Gasteiger partial charge in [0.15, 0.2) is 5.16 Å². The topological polar surface area (TPSA) is 67.2 Å². The fourth-order valence-electron chi connectivity index (χ4n) is 1.98. The van der Waals surface area contributed by atoms with E-state index in [2.05, 4.69) is 20.5 Å². The van der Waals surface area contributed by atoms with Gasteiger partial charge in [-0.05, 0) is 38.0 Å². The lowest BCUT2D eigenvalue weighted by atomic mass is 10.1. The minimum Gasteiger partial charge on any atom is -0.272 e. The third-order valence-electron chi connectivity index (χ3n) is 2.95. The summed E-state index contributed by atoms with van der Waals surface area (Å²) in [6.45, 7) is 5.75. The third-order valence-corrected chi connectivity index (χ3v) is 3.79. The number of thioether (sulfide) groups is 1. The van der Waals surface area contributed by atoms with E-state index in [1.807, 2.05) is 63.2 Å². The fourth-order valence-corrected chi connectivity index (χ4v) is 2.72.